The van der Waals surface area contributed by atoms with Crippen LogP contribution in [0.5, 0.6) is 0 Å². The standard InChI is InChI=1S/C14H17BrN2O/c1-4-17-6-5-16-14(17)13(18)11-7-9(2)12(15)10(3)8-11/h5-8,13,18H,4H2,1-3H3. The van der Waals surface area contributed by atoms with Crippen LogP contribution >= 0.6 is 15.9 Å². The number of imidazole rings is 1. The maximum absolute atomic E-state index is 10.4. The minimum Gasteiger partial charge on any atom is -0.380 e. The summed E-state index contributed by atoms with van der Waals surface area (Å²) in [5.74, 6) is 0.693. The van der Waals surface area contributed by atoms with Crippen molar-refractivity contribution in [3.8, 4) is 0 Å². The van der Waals surface area contributed by atoms with Crippen molar-refractivity contribution in [3.63, 3.8) is 0 Å². The SMILES string of the molecule is CCn1ccnc1C(O)c1cc(C)c(Br)c(C)c1. The summed E-state index contributed by atoms with van der Waals surface area (Å²) in [6.45, 7) is 6.90. The Morgan fingerprint density at radius 1 is 1.33 bits per heavy atom. The number of nitrogens with zero attached hydrogens (tertiary/aromatic N) is 2. The summed E-state index contributed by atoms with van der Waals surface area (Å²) < 4.78 is 3.05. The Balaban J connectivity index is 2.43. The lowest BCUT2D eigenvalue weighted by Crippen LogP contribution is -2.09. The first-order valence-electron chi connectivity index (χ1n) is 6.00. The molecule has 0 spiro atoms. The van der Waals surface area contributed by atoms with E-state index in [0.29, 0.717) is 5.82 Å². The Bertz CT molecular complexity index is 540. The number of hydrogen-bond donors (Lipinski definition) is 1. The summed E-state index contributed by atoms with van der Waals surface area (Å²) in [6.07, 6.45) is 2.93. The Kier molecular flexibility index (Phi) is 3.88. The fraction of sp³-hybridized carbons (Fsp3) is 0.357. The highest BCUT2D eigenvalue weighted by molar-refractivity contribution is 9.10. The van der Waals surface area contributed by atoms with Gasteiger partial charge in [0.1, 0.15) is 11.9 Å². The van der Waals surface area contributed by atoms with Crippen LogP contribution < -0.4 is 0 Å². The molecule has 0 bridgehead atoms. The zero-order valence-corrected chi connectivity index (χ0v) is 12.4. The largest absolute Gasteiger partial charge is 0.380 e. The molecule has 0 aliphatic carbocycles. The van der Waals surface area contributed by atoms with Crippen LogP contribution in [0.25, 0.3) is 0 Å². The number of aryl methyl sites for hydroxylation is 3. The number of hydrogen-bond acceptors (Lipinski definition) is 2. The Morgan fingerprint density at radius 2 is 1.94 bits per heavy atom. The highest BCUT2D eigenvalue weighted by Crippen LogP contribution is 2.28. The summed E-state index contributed by atoms with van der Waals surface area (Å²) in [6, 6.07) is 3.99. The van der Waals surface area contributed by atoms with Crippen molar-refractivity contribution in [2.24, 2.45) is 0 Å². The molecule has 0 aliphatic heterocycles. The average molecular weight is 309 g/mol. The van der Waals surface area contributed by atoms with Crippen LogP contribution in [0, 0.1) is 13.8 Å². The van der Waals surface area contributed by atoms with Crippen LogP contribution in [0.2, 0.25) is 0 Å². The second kappa shape index (κ2) is 5.24. The van der Waals surface area contributed by atoms with Gasteiger partial charge in [0.25, 0.3) is 0 Å². The summed E-state index contributed by atoms with van der Waals surface area (Å²) in [4.78, 5) is 4.25. The normalized spacial score (nSPS) is 12.7. The average Bonchev–Trinajstić information content (AvgIpc) is 2.82. The third-order valence-electron chi connectivity index (χ3n) is 3.11. The number of benzene rings is 1. The maximum Gasteiger partial charge on any atom is 0.142 e. The van der Waals surface area contributed by atoms with E-state index in [1.165, 1.54) is 0 Å². The second-order valence-corrected chi connectivity index (χ2v) is 5.24. The molecule has 0 aliphatic rings. The zero-order valence-electron chi connectivity index (χ0n) is 10.8. The van der Waals surface area contributed by atoms with Crippen LogP contribution in [0.1, 0.15) is 35.5 Å². The van der Waals surface area contributed by atoms with Crippen LogP contribution in [-0.2, 0) is 6.54 Å². The molecule has 0 amide bonds. The molecule has 3 nitrogen and oxygen atoms in total. The third-order valence-corrected chi connectivity index (χ3v) is 4.36. The molecule has 1 unspecified atom stereocenters. The van der Waals surface area contributed by atoms with E-state index >= 15 is 0 Å². The van der Waals surface area contributed by atoms with Crippen molar-refractivity contribution in [3.05, 3.63) is 51.5 Å². The van der Waals surface area contributed by atoms with Gasteiger partial charge >= 0.3 is 0 Å². The lowest BCUT2D eigenvalue weighted by molar-refractivity contribution is 0.204. The van der Waals surface area contributed by atoms with Crippen molar-refractivity contribution in [2.45, 2.75) is 33.4 Å². The zero-order chi connectivity index (χ0) is 13.3. The molecule has 0 radical (unpaired) electrons. The molecule has 1 aromatic heterocycles. The van der Waals surface area contributed by atoms with E-state index in [1.54, 1.807) is 6.20 Å². The molecular formula is C14H17BrN2O. The van der Waals surface area contributed by atoms with Gasteiger partial charge in [-0.05, 0) is 37.5 Å². The topological polar surface area (TPSA) is 38.0 Å². The predicted octanol–water partition coefficient (Wildman–Crippen LogP) is 3.36. The Hall–Kier alpha value is -1.13. The van der Waals surface area contributed by atoms with E-state index < -0.39 is 6.10 Å². The smallest absolute Gasteiger partial charge is 0.142 e. The molecule has 2 rings (SSSR count). The van der Waals surface area contributed by atoms with Gasteiger partial charge in [0.2, 0.25) is 0 Å². The van der Waals surface area contributed by atoms with Gasteiger partial charge in [-0.1, -0.05) is 28.1 Å². The van der Waals surface area contributed by atoms with Crippen molar-refractivity contribution < 1.29 is 5.11 Å². The van der Waals surface area contributed by atoms with Gasteiger partial charge < -0.3 is 9.67 Å². The van der Waals surface area contributed by atoms with Crippen LogP contribution in [0.3, 0.4) is 0 Å². The van der Waals surface area contributed by atoms with Crippen molar-refractivity contribution in [2.75, 3.05) is 0 Å². The molecule has 1 heterocycles. The van der Waals surface area contributed by atoms with Gasteiger partial charge in [-0.15, -0.1) is 0 Å². The number of aromatic nitrogens is 2. The van der Waals surface area contributed by atoms with Crippen LogP contribution in [0.15, 0.2) is 29.0 Å². The van der Waals surface area contributed by atoms with Crippen molar-refractivity contribution >= 4 is 15.9 Å². The molecule has 4 heteroatoms. The van der Waals surface area contributed by atoms with E-state index in [0.717, 1.165) is 27.7 Å². The Labute approximate surface area is 116 Å². The minimum absolute atomic E-state index is 0.676. The van der Waals surface area contributed by atoms with Gasteiger partial charge in [0.05, 0.1) is 0 Å². The number of halogens is 1. The van der Waals surface area contributed by atoms with Crippen LogP contribution in [-0.4, -0.2) is 14.7 Å². The van der Waals surface area contributed by atoms with Gasteiger partial charge in [-0.2, -0.15) is 0 Å². The fourth-order valence-corrected chi connectivity index (χ4v) is 2.35. The second-order valence-electron chi connectivity index (χ2n) is 4.44. The molecular weight excluding hydrogens is 292 g/mol. The van der Waals surface area contributed by atoms with Crippen molar-refractivity contribution in [1.29, 1.82) is 0 Å². The first kappa shape index (κ1) is 13.3. The summed E-state index contributed by atoms with van der Waals surface area (Å²) >= 11 is 3.54. The molecule has 18 heavy (non-hydrogen) atoms. The number of aliphatic hydroxyl groups excluding tert-OH is 1. The maximum atomic E-state index is 10.4. The van der Waals surface area contributed by atoms with E-state index in [4.69, 9.17) is 0 Å². The molecule has 0 saturated heterocycles. The lowest BCUT2D eigenvalue weighted by Gasteiger charge is -2.15. The van der Waals surface area contributed by atoms with Crippen molar-refractivity contribution in [1.82, 2.24) is 9.55 Å². The third kappa shape index (κ3) is 2.35. The fourth-order valence-electron chi connectivity index (χ4n) is 2.12. The molecule has 96 valence electrons. The van der Waals surface area contributed by atoms with E-state index in [-0.39, 0.29) is 0 Å². The molecule has 1 aromatic carbocycles. The van der Waals surface area contributed by atoms with E-state index in [1.807, 2.05) is 43.7 Å². The van der Waals surface area contributed by atoms with Gasteiger partial charge in [-0.3, -0.25) is 0 Å². The van der Waals surface area contributed by atoms with Gasteiger partial charge in [-0.25, -0.2) is 4.98 Å². The first-order chi connectivity index (χ1) is 8.54. The molecule has 1 atom stereocenters. The summed E-state index contributed by atoms with van der Waals surface area (Å²) in [5, 5.41) is 10.4. The van der Waals surface area contributed by atoms with E-state index in [2.05, 4.69) is 20.9 Å². The number of rotatable bonds is 3. The van der Waals surface area contributed by atoms with E-state index in [9.17, 15) is 5.11 Å². The molecule has 0 fully saturated rings. The van der Waals surface area contributed by atoms with Gasteiger partial charge in [0, 0.05) is 23.4 Å². The monoisotopic (exact) mass is 308 g/mol. The first-order valence-corrected chi connectivity index (χ1v) is 6.79. The molecule has 0 saturated carbocycles. The predicted molar refractivity (Wildman–Crippen MR) is 75.6 cm³/mol. The molecule has 1 N–H and O–H groups in total. The van der Waals surface area contributed by atoms with Crippen LogP contribution in [0.4, 0.5) is 0 Å². The lowest BCUT2D eigenvalue weighted by atomic mass is 10.0. The highest BCUT2D eigenvalue weighted by Gasteiger charge is 2.17. The number of aliphatic hydroxyl groups is 1. The summed E-state index contributed by atoms with van der Waals surface area (Å²) in [7, 11) is 0. The minimum atomic E-state index is -0.676. The highest BCUT2D eigenvalue weighted by atomic mass is 79.9. The molecule has 2 aromatic rings. The van der Waals surface area contributed by atoms with Gasteiger partial charge in [0.15, 0.2) is 0 Å². The Morgan fingerprint density at radius 3 is 2.50 bits per heavy atom. The summed E-state index contributed by atoms with van der Waals surface area (Å²) in [5.41, 5.74) is 3.13. The quantitative estimate of drug-likeness (QED) is 0.944.